The number of rotatable bonds is 5. The first-order valence-electron chi connectivity index (χ1n) is 5.99. The normalized spacial score (nSPS) is 13.1. The van der Waals surface area contributed by atoms with Crippen LogP contribution in [0.5, 0.6) is 0 Å². The molecule has 2 rings (SSSR count). The molecule has 0 aliphatic rings. The third kappa shape index (κ3) is 3.15. The van der Waals surface area contributed by atoms with Gasteiger partial charge in [0.1, 0.15) is 5.82 Å². The fourth-order valence-corrected chi connectivity index (χ4v) is 3.23. The Balaban J connectivity index is 2.53. The minimum absolute atomic E-state index is 0.337. The minimum Gasteiger partial charge on any atom is -0.324 e. The minimum atomic E-state index is 0.337. The number of alkyl halides is 1. The topological polar surface area (TPSA) is 17.8 Å². The van der Waals surface area contributed by atoms with Crippen molar-refractivity contribution in [3.8, 4) is 0 Å². The maximum Gasteiger partial charge on any atom is 0.125 e. The van der Waals surface area contributed by atoms with E-state index in [2.05, 4.69) is 22.7 Å². The molecule has 19 heavy (non-hydrogen) atoms. The Morgan fingerprint density at radius 3 is 2.63 bits per heavy atom. The summed E-state index contributed by atoms with van der Waals surface area (Å²) in [6.45, 7) is 2.18. The van der Waals surface area contributed by atoms with Gasteiger partial charge in [-0.15, -0.1) is 11.6 Å². The number of benzene rings is 1. The Bertz CT molecular complexity index is 583. The summed E-state index contributed by atoms with van der Waals surface area (Å²) in [6.07, 6.45) is 3.18. The van der Waals surface area contributed by atoms with Crippen LogP contribution in [0.4, 0.5) is 0 Å². The molecule has 0 fully saturated rings. The summed E-state index contributed by atoms with van der Waals surface area (Å²) in [5.74, 6) is 2.35. The maximum absolute atomic E-state index is 6.11. The second-order valence-corrected chi connectivity index (χ2v) is 6.48. The summed E-state index contributed by atoms with van der Waals surface area (Å²) in [5, 5.41) is 1.07. The molecule has 0 aliphatic heterocycles. The van der Waals surface area contributed by atoms with Gasteiger partial charge in [0.05, 0.1) is 27.0 Å². The highest BCUT2D eigenvalue weighted by Crippen LogP contribution is 2.31. The second-order valence-electron chi connectivity index (χ2n) is 4.42. The van der Waals surface area contributed by atoms with Gasteiger partial charge in [0.2, 0.25) is 0 Å². The molecule has 2 nitrogen and oxygen atoms in total. The van der Waals surface area contributed by atoms with Gasteiger partial charge in [-0.25, -0.2) is 4.98 Å². The standard InChI is InChI=1S/C13H15Cl3N2S/c1-8(3-4-19-2)18-12-6-10(16)9(15)5-11(12)17-13(18)7-14/h5-6,8H,3-4,7H2,1-2H3. The quantitative estimate of drug-likeness (QED) is 0.680. The average Bonchev–Trinajstić information content (AvgIpc) is 2.74. The fraction of sp³-hybridized carbons (Fsp3) is 0.462. The highest BCUT2D eigenvalue weighted by atomic mass is 35.5. The van der Waals surface area contributed by atoms with Gasteiger partial charge in [-0.3, -0.25) is 0 Å². The van der Waals surface area contributed by atoms with Crippen molar-refractivity contribution in [3.05, 3.63) is 28.0 Å². The Morgan fingerprint density at radius 1 is 1.32 bits per heavy atom. The van der Waals surface area contributed by atoms with Crippen LogP contribution in [-0.4, -0.2) is 21.6 Å². The smallest absolute Gasteiger partial charge is 0.125 e. The molecule has 1 heterocycles. The van der Waals surface area contributed by atoms with E-state index in [1.807, 2.05) is 17.8 Å². The summed E-state index contributed by atoms with van der Waals surface area (Å²) in [7, 11) is 0. The molecule has 0 amide bonds. The highest BCUT2D eigenvalue weighted by Gasteiger charge is 2.16. The lowest BCUT2D eigenvalue weighted by molar-refractivity contribution is 0.534. The van der Waals surface area contributed by atoms with Crippen molar-refractivity contribution in [3.63, 3.8) is 0 Å². The summed E-state index contributed by atoms with van der Waals surface area (Å²) in [6, 6.07) is 4.01. The SMILES string of the molecule is CSCCC(C)n1c(CCl)nc2cc(Cl)c(Cl)cc21. The van der Waals surface area contributed by atoms with Crippen LogP contribution in [-0.2, 0) is 5.88 Å². The van der Waals surface area contributed by atoms with Crippen molar-refractivity contribution in [2.75, 3.05) is 12.0 Å². The number of hydrogen-bond acceptors (Lipinski definition) is 2. The summed E-state index contributed by atoms with van der Waals surface area (Å²) < 4.78 is 2.17. The highest BCUT2D eigenvalue weighted by molar-refractivity contribution is 7.98. The lowest BCUT2D eigenvalue weighted by Crippen LogP contribution is -2.09. The lowest BCUT2D eigenvalue weighted by Gasteiger charge is -2.16. The fourth-order valence-electron chi connectivity index (χ4n) is 2.14. The van der Waals surface area contributed by atoms with Gasteiger partial charge < -0.3 is 4.57 Å². The van der Waals surface area contributed by atoms with E-state index in [0.717, 1.165) is 29.0 Å². The van der Waals surface area contributed by atoms with E-state index in [1.165, 1.54) is 0 Å². The van der Waals surface area contributed by atoms with Crippen molar-refractivity contribution in [2.24, 2.45) is 0 Å². The number of nitrogens with zero attached hydrogens (tertiary/aromatic N) is 2. The first-order chi connectivity index (χ1) is 9.08. The summed E-state index contributed by atoms with van der Waals surface area (Å²) in [5.41, 5.74) is 1.85. The van der Waals surface area contributed by atoms with Gasteiger partial charge in [-0.1, -0.05) is 23.2 Å². The third-order valence-corrected chi connectivity index (χ3v) is 4.71. The number of halogens is 3. The second kappa shape index (κ2) is 6.57. The largest absolute Gasteiger partial charge is 0.324 e. The predicted molar refractivity (Wildman–Crippen MR) is 87.0 cm³/mol. The van der Waals surface area contributed by atoms with Crippen LogP contribution in [0.3, 0.4) is 0 Å². The zero-order chi connectivity index (χ0) is 14.0. The molecule has 0 saturated heterocycles. The van der Waals surface area contributed by atoms with Crippen molar-refractivity contribution in [1.29, 1.82) is 0 Å². The third-order valence-electron chi connectivity index (χ3n) is 3.10. The molecule has 0 bridgehead atoms. The molecule has 0 saturated carbocycles. The van der Waals surface area contributed by atoms with Crippen molar-refractivity contribution >= 4 is 57.6 Å². The molecule has 1 atom stereocenters. The van der Waals surface area contributed by atoms with Gasteiger partial charge >= 0.3 is 0 Å². The van der Waals surface area contributed by atoms with Gasteiger partial charge in [0.25, 0.3) is 0 Å². The predicted octanol–water partition coefficient (Wildman–Crippen LogP) is 5.40. The maximum atomic E-state index is 6.11. The molecule has 104 valence electrons. The van der Waals surface area contributed by atoms with Crippen molar-refractivity contribution in [2.45, 2.75) is 25.3 Å². The van der Waals surface area contributed by atoms with E-state index >= 15 is 0 Å². The van der Waals surface area contributed by atoms with Gasteiger partial charge in [0, 0.05) is 6.04 Å². The Morgan fingerprint density at radius 2 is 2.00 bits per heavy atom. The van der Waals surface area contributed by atoms with Crippen LogP contribution in [0.25, 0.3) is 11.0 Å². The molecule has 1 unspecified atom stereocenters. The van der Waals surface area contributed by atoms with Crippen molar-refractivity contribution < 1.29 is 0 Å². The first-order valence-corrected chi connectivity index (χ1v) is 8.67. The van der Waals surface area contributed by atoms with Gasteiger partial charge in [0.15, 0.2) is 0 Å². The monoisotopic (exact) mass is 336 g/mol. The van der Waals surface area contributed by atoms with Crippen LogP contribution >= 0.6 is 46.6 Å². The average molecular weight is 338 g/mol. The van der Waals surface area contributed by atoms with Crippen LogP contribution in [0.15, 0.2) is 12.1 Å². The Kier molecular flexibility index (Phi) is 5.29. The molecule has 0 spiro atoms. The zero-order valence-corrected chi connectivity index (χ0v) is 13.9. The summed E-state index contributed by atoms with van der Waals surface area (Å²) in [4.78, 5) is 4.54. The van der Waals surface area contributed by atoms with Gasteiger partial charge in [-0.05, 0) is 37.5 Å². The number of hydrogen-bond donors (Lipinski definition) is 0. The summed E-state index contributed by atoms with van der Waals surface area (Å²) >= 11 is 20.0. The van der Waals surface area contributed by atoms with E-state index in [4.69, 9.17) is 34.8 Å². The van der Waals surface area contributed by atoms with Crippen LogP contribution in [0.2, 0.25) is 10.0 Å². The molecule has 1 aromatic heterocycles. The Hall–Kier alpha value is -0.0900. The van der Waals surface area contributed by atoms with E-state index < -0.39 is 0 Å². The number of imidazole rings is 1. The van der Waals surface area contributed by atoms with Crippen LogP contribution in [0.1, 0.15) is 25.2 Å². The molecule has 0 N–H and O–H groups in total. The molecule has 1 aromatic carbocycles. The molecule has 6 heteroatoms. The van der Waals surface area contributed by atoms with Crippen molar-refractivity contribution in [1.82, 2.24) is 9.55 Å². The molecule has 2 aromatic rings. The Labute approximate surface area is 132 Å². The molecular formula is C13H15Cl3N2S. The lowest BCUT2D eigenvalue weighted by atomic mass is 10.2. The number of thioether (sulfide) groups is 1. The molecular weight excluding hydrogens is 323 g/mol. The van der Waals surface area contributed by atoms with Gasteiger partial charge in [-0.2, -0.15) is 11.8 Å². The number of fused-ring (bicyclic) bond motifs is 1. The van der Waals surface area contributed by atoms with Crippen LogP contribution in [0, 0.1) is 0 Å². The van der Waals surface area contributed by atoms with E-state index in [-0.39, 0.29) is 0 Å². The number of aromatic nitrogens is 2. The van der Waals surface area contributed by atoms with E-state index in [9.17, 15) is 0 Å². The molecule has 0 aliphatic carbocycles. The zero-order valence-electron chi connectivity index (χ0n) is 10.8. The first kappa shape index (κ1) is 15.3. The van der Waals surface area contributed by atoms with E-state index in [0.29, 0.717) is 22.0 Å². The molecule has 0 radical (unpaired) electrons. The van der Waals surface area contributed by atoms with E-state index in [1.54, 1.807) is 6.07 Å². The van der Waals surface area contributed by atoms with Crippen LogP contribution < -0.4 is 0 Å².